The molecule has 0 aliphatic rings. The summed E-state index contributed by atoms with van der Waals surface area (Å²) in [7, 11) is 1.36. The maximum absolute atomic E-state index is 13.6. The average Bonchev–Trinajstić information content (AvgIpc) is 2.17. The van der Waals surface area contributed by atoms with E-state index in [0.717, 1.165) is 0 Å². The second-order valence-electron chi connectivity index (χ2n) is 3.25. The van der Waals surface area contributed by atoms with Crippen molar-refractivity contribution in [3.63, 3.8) is 0 Å². The van der Waals surface area contributed by atoms with E-state index in [-0.39, 0.29) is 11.8 Å². The van der Waals surface area contributed by atoms with Crippen LogP contribution in [0.2, 0.25) is 0 Å². The van der Waals surface area contributed by atoms with Gasteiger partial charge in [0.2, 0.25) is 5.88 Å². The van der Waals surface area contributed by atoms with Gasteiger partial charge >= 0.3 is 0 Å². The molecule has 4 heteroatoms. The molecule has 1 heterocycles. The van der Waals surface area contributed by atoms with Crippen molar-refractivity contribution in [1.29, 1.82) is 0 Å². The maximum Gasteiger partial charge on any atom is 0.250 e. The second-order valence-corrected chi connectivity index (χ2v) is 3.25. The van der Waals surface area contributed by atoms with Crippen LogP contribution in [0.25, 0.3) is 0 Å². The van der Waals surface area contributed by atoms with Crippen LogP contribution in [0.3, 0.4) is 0 Å². The minimum Gasteiger partial charge on any atom is -0.479 e. The highest BCUT2D eigenvalue weighted by Gasteiger charge is 2.18. The summed E-state index contributed by atoms with van der Waals surface area (Å²) in [4.78, 5) is 3.72. The summed E-state index contributed by atoms with van der Waals surface area (Å²) in [6.07, 6.45) is 0.868. The Balaban J connectivity index is 3.09. The first-order valence-corrected chi connectivity index (χ1v) is 4.44. The van der Waals surface area contributed by atoms with Crippen LogP contribution in [-0.2, 0) is 0 Å². The summed E-state index contributed by atoms with van der Waals surface area (Å²) in [5.74, 6) is -0.801. The molecule has 0 fully saturated rings. The SMILES string of the molecule is COc1nccc(C(C)C(C)O)c1F. The van der Waals surface area contributed by atoms with Crippen LogP contribution in [0, 0.1) is 5.82 Å². The van der Waals surface area contributed by atoms with Crippen molar-refractivity contribution in [3.05, 3.63) is 23.6 Å². The minimum atomic E-state index is -0.600. The lowest BCUT2D eigenvalue weighted by atomic mass is 9.97. The molecule has 0 saturated heterocycles. The summed E-state index contributed by atoms with van der Waals surface area (Å²) in [6.45, 7) is 3.37. The van der Waals surface area contributed by atoms with Crippen molar-refractivity contribution in [2.75, 3.05) is 7.11 Å². The third-order valence-corrected chi connectivity index (χ3v) is 2.29. The van der Waals surface area contributed by atoms with E-state index in [2.05, 4.69) is 4.98 Å². The van der Waals surface area contributed by atoms with Gasteiger partial charge in [-0.1, -0.05) is 6.92 Å². The molecule has 0 aromatic carbocycles. The molecule has 0 aliphatic carbocycles. The summed E-state index contributed by atoms with van der Waals surface area (Å²) in [6, 6.07) is 1.55. The highest BCUT2D eigenvalue weighted by atomic mass is 19.1. The van der Waals surface area contributed by atoms with E-state index < -0.39 is 11.9 Å². The number of pyridine rings is 1. The number of aliphatic hydroxyl groups is 1. The number of rotatable bonds is 3. The highest BCUT2D eigenvalue weighted by Crippen LogP contribution is 2.26. The Morgan fingerprint density at radius 1 is 1.50 bits per heavy atom. The number of ether oxygens (including phenoxy) is 1. The van der Waals surface area contributed by atoms with Crippen LogP contribution >= 0.6 is 0 Å². The van der Waals surface area contributed by atoms with Gasteiger partial charge in [-0.25, -0.2) is 9.37 Å². The fraction of sp³-hybridized carbons (Fsp3) is 0.500. The first-order chi connectivity index (χ1) is 6.57. The predicted octanol–water partition coefficient (Wildman–Crippen LogP) is 1.71. The molecule has 1 N–H and O–H groups in total. The molecule has 0 spiro atoms. The van der Waals surface area contributed by atoms with Gasteiger partial charge in [0.05, 0.1) is 13.2 Å². The van der Waals surface area contributed by atoms with Crippen molar-refractivity contribution in [2.45, 2.75) is 25.9 Å². The summed E-state index contributed by atoms with van der Waals surface area (Å²) >= 11 is 0. The molecule has 0 aliphatic heterocycles. The van der Waals surface area contributed by atoms with Gasteiger partial charge < -0.3 is 9.84 Å². The fourth-order valence-electron chi connectivity index (χ4n) is 1.19. The molecule has 0 saturated carbocycles. The quantitative estimate of drug-likeness (QED) is 0.805. The van der Waals surface area contributed by atoms with Crippen LogP contribution in [0.4, 0.5) is 4.39 Å². The standard InChI is InChI=1S/C10H14FNO2/c1-6(7(2)13)8-4-5-12-10(14-3)9(8)11/h4-7,13H,1-3H3. The van der Waals surface area contributed by atoms with Gasteiger partial charge in [0.25, 0.3) is 0 Å². The number of hydrogen-bond acceptors (Lipinski definition) is 3. The van der Waals surface area contributed by atoms with E-state index in [4.69, 9.17) is 4.74 Å². The summed E-state index contributed by atoms with van der Waals surface area (Å²) in [5, 5.41) is 9.33. The molecule has 1 aromatic heterocycles. The fourth-order valence-corrected chi connectivity index (χ4v) is 1.19. The second kappa shape index (κ2) is 4.37. The number of hydrogen-bond donors (Lipinski definition) is 1. The van der Waals surface area contributed by atoms with Crippen molar-refractivity contribution in [2.24, 2.45) is 0 Å². The third kappa shape index (κ3) is 2.01. The zero-order chi connectivity index (χ0) is 10.7. The minimum absolute atomic E-state index is 0.0324. The first-order valence-electron chi connectivity index (χ1n) is 4.44. The summed E-state index contributed by atoms with van der Waals surface area (Å²) in [5.41, 5.74) is 0.423. The Kier molecular flexibility index (Phi) is 3.41. The topological polar surface area (TPSA) is 42.4 Å². The molecule has 1 rings (SSSR count). The van der Waals surface area contributed by atoms with Crippen molar-refractivity contribution >= 4 is 0 Å². The summed E-state index contributed by atoms with van der Waals surface area (Å²) < 4.78 is 18.3. The van der Waals surface area contributed by atoms with E-state index in [1.54, 1.807) is 19.9 Å². The Hall–Kier alpha value is -1.16. The number of aromatic nitrogens is 1. The molecule has 0 bridgehead atoms. The first kappa shape index (κ1) is 10.9. The normalized spacial score (nSPS) is 14.9. The van der Waals surface area contributed by atoms with Crippen LogP contribution in [0.1, 0.15) is 25.3 Å². The molecule has 14 heavy (non-hydrogen) atoms. The highest BCUT2D eigenvalue weighted by molar-refractivity contribution is 5.27. The van der Waals surface area contributed by atoms with Gasteiger partial charge in [-0.3, -0.25) is 0 Å². The van der Waals surface area contributed by atoms with Crippen LogP contribution < -0.4 is 4.74 Å². The van der Waals surface area contributed by atoms with Crippen molar-refractivity contribution in [1.82, 2.24) is 4.98 Å². The predicted molar refractivity (Wildman–Crippen MR) is 50.8 cm³/mol. The van der Waals surface area contributed by atoms with Crippen LogP contribution in [-0.4, -0.2) is 23.3 Å². The molecule has 78 valence electrons. The van der Waals surface area contributed by atoms with Crippen molar-refractivity contribution < 1.29 is 14.2 Å². The van der Waals surface area contributed by atoms with Crippen molar-refractivity contribution in [3.8, 4) is 5.88 Å². The molecule has 2 atom stereocenters. The van der Waals surface area contributed by atoms with Crippen LogP contribution in [0.5, 0.6) is 5.88 Å². The molecule has 2 unspecified atom stereocenters. The average molecular weight is 199 g/mol. The molecule has 0 radical (unpaired) electrons. The largest absolute Gasteiger partial charge is 0.479 e. The molecular formula is C10H14FNO2. The van der Waals surface area contributed by atoms with Gasteiger partial charge in [-0.15, -0.1) is 0 Å². The monoisotopic (exact) mass is 199 g/mol. The Bertz CT molecular complexity index is 315. The lowest BCUT2D eigenvalue weighted by Gasteiger charge is -2.16. The Labute approximate surface area is 82.5 Å². The Morgan fingerprint density at radius 3 is 2.64 bits per heavy atom. The number of aliphatic hydroxyl groups excluding tert-OH is 1. The lowest BCUT2D eigenvalue weighted by Crippen LogP contribution is -2.13. The molecular weight excluding hydrogens is 185 g/mol. The molecule has 1 aromatic rings. The maximum atomic E-state index is 13.6. The molecule has 3 nitrogen and oxygen atoms in total. The van der Waals surface area contributed by atoms with E-state index in [0.29, 0.717) is 5.56 Å². The van der Waals surface area contributed by atoms with Gasteiger partial charge in [-0.05, 0) is 13.0 Å². The van der Waals surface area contributed by atoms with Gasteiger partial charge in [0.1, 0.15) is 0 Å². The third-order valence-electron chi connectivity index (χ3n) is 2.29. The van der Waals surface area contributed by atoms with E-state index in [9.17, 15) is 9.50 Å². The zero-order valence-electron chi connectivity index (χ0n) is 8.49. The van der Waals surface area contributed by atoms with Gasteiger partial charge in [0.15, 0.2) is 5.82 Å². The Morgan fingerprint density at radius 2 is 2.14 bits per heavy atom. The van der Waals surface area contributed by atoms with E-state index in [1.807, 2.05) is 0 Å². The van der Waals surface area contributed by atoms with Gasteiger partial charge in [0, 0.05) is 17.7 Å². The lowest BCUT2D eigenvalue weighted by molar-refractivity contribution is 0.166. The molecule has 0 amide bonds. The van der Waals surface area contributed by atoms with E-state index >= 15 is 0 Å². The van der Waals surface area contributed by atoms with Crippen LogP contribution in [0.15, 0.2) is 12.3 Å². The number of methoxy groups -OCH3 is 1. The van der Waals surface area contributed by atoms with E-state index in [1.165, 1.54) is 13.3 Å². The smallest absolute Gasteiger partial charge is 0.250 e. The zero-order valence-corrected chi connectivity index (χ0v) is 8.49. The number of halogens is 1. The van der Waals surface area contributed by atoms with Gasteiger partial charge in [-0.2, -0.15) is 0 Å². The number of nitrogens with zero attached hydrogens (tertiary/aromatic N) is 1.